The summed E-state index contributed by atoms with van der Waals surface area (Å²) >= 11 is 3.74. The molecule has 1 saturated carbocycles. The maximum atomic E-state index is 3.74. The Bertz CT molecular complexity index is 415. The first kappa shape index (κ1) is 16.0. The highest BCUT2D eigenvalue weighted by atomic mass is 79.9. The van der Waals surface area contributed by atoms with Gasteiger partial charge in [0.25, 0.3) is 0 Å². The van der Waals surface area contributed by atoms with Gasteiger partial charge in [0.05, 0.1) is 0 Å². The van der Waals surface area contributed by atoms with Gasteiger partial charge in [-0.3, -0.25) is 4.90 Å². The first-order chi connectivity index (χ1) is 9.72. The molecule has 0 radical (unpaired) electrons. The van der Waals surface area contributed by atoms with Crippen LogP contribution in [0.1, 0.15) is 44.2 Å². The third-order valence-electron chi connectivity index (χ3n) is 3.93. The lowest BCUT2D eigenvalue weighted by molar-refractivity contribution is 0.268. The van der Waals surface area contributed by atoms with Gasteiger partial charge < -0.3 is 5.32 Å². The van der Waals surface area contributed by atoms with Gasteiger partial charge in [-0.05, 0) is 55.5 Å². The molecule has 1 N–H and O–H groups in total. The van der Waals surface area contributed by atoms with Gasteiger partial charge in [0.1, 0.15) is 0 Å². The molecule has 0 bridgehead atoms. The molecule has 112 valence electrons. The lowest BCUT2D eigenvalue weighted by Crippen LogP contribution is -2.25. The van der Waals surface area contributed by atoms with Crippen molar-refractivity contribution in [3.63, 3.8) is 0 Å². The number of rotatable bonds is 9. The summed E-state index contributed by atoms with van der Waals surface area (Å²) in [5.41, 5.74) is 2.77. The van der Waals surface area contributed by atoms with Crippen molar-refractivity contribution in [1.82, 2.24) is 10.2 Å². The molecule has 0 aliphatic heterocycles. The number of hydrogen-bond acceptors (Lipinski definition) is 2. The fourth-order valence-corrected chi connectivity index (χ4v) is 3.00. The summed E-state index contributed by atoms with van der Waals surface area (Å²) in [6.07, 6.45) is 4.05. The molecule has 2 nitrogen and oxygen atoms in total. The lowest BCUT2D eigenvalue weighted by atomic mass is 10.1. The second-order valence-electron chi connectivity index (χ2n) is 5.87. The first-order valence-electron chi connectivity index (χ1n) is 7.93. The van der Waals surface area contributed by atoms with Gasteiger partial charge in [-0.25, -0.2) is 0 Å². The van der Waals surface area contributed by atoms with Crippen molar-refractivity contribution in [3.05, 3.63) is 33.8 Å². The highest BCUT2D eigenvalue weighted by Crippen LogP contribution is 2.30. The van der Waals surface area contributed by atoms with Crippen LogP contribution in [0.25, 0.3) is 0 Å². The van der Waals surface area contributed by atoms with Crippen molar-refractivity contribution in [3.8, 4) is 0 Å². The second-order valence-corrected chi connectivity index (χ2v) is 6.73. The Balaban J connectivity index is 1.90. The fourth-order valence-electron chi connectivity index (χ4n) is 2.45. The van der Waals surface area contributed by atoms with E-state index in [0.717, 1.165) is 32.1 Å². The zero-order valence-electron chi connectivity index (χ0n) is 12.8. The molecule has 0 atom stereocenters. The number of nitrogens with zero attached hydrogens (tertiary/aromatic N) is 1. The summed E-state index contributed by atoms with van der Waals surface area (Å²) in [4.78, 5) is 2.56. The monoisotopic (exact) mass is 338 g/mol. The summed E-state index contributed by atoms with van der Waals surface area (Å²) < 4.78 is 1.25. The molecule has 3 heteroatoms. The Labute approximate surface area is 132 Å². The Hall–Kier alpha value is -0.380. The summed E-state index contributed by atoms with van der Waals surface area (Å²) in [6, 6.07) is 6.80. The molecule has 20 heavy (non-hydrogen) atoms. The summed E-state index contributed by atoms with van der Waals surface area (Å²) in [5, 5.41) is 3.45. The van der Waals surface area contributed by atoms with Crippen LogP contribution in [-0.2, 0) is 13.1 Å². The summed E-state index contributed by atoms with van der Waals surface area (Å²) in [6.45, 7) is 9.99. The summed E-state index contributed by atoms with van der Waals surface area (Å²) in [5.74, 6) is 0.964. The largest absolute Gasteiger partial charge is 0.313 e. The zero-order valence-corrected chi connectivity index (χ0v) is 14.4. The molecule has 2 rings (SSSR count). The topological polar surface area (TPSA) is 15.3 Å². The fraction of sp³-hybridized carbons (Fsp3) is 0.647. The SMILES string of the molecule is CCCNCc1ccc(CN(CC)CC2CC2)c(Br)c1. The molecule has 0 saturated heterocycles. The van der Waals surface area contributed by atoms with E-state index in [1.54, 1.807) is 0 Å². The zero-order chi connectivity index (χ0) is 14.4. The van der Waals surface area contributed by atoms with E-state index < -0.39 is 0 Å². The van der Waals surface area contributed by atoms with Crippen molar-refractivity contribution in [2.45, 2.75) is 46.2 Å². The molecule has 0 unspecified atom stereocenters. The van der Waals surface area contributed by atoms with Crippen LogP contribution in [0.2, 0.25) is 0 Å². The molecule has 1 aliphatic carbocycles. The third kappa shape index (κ3) is 5.19. The predicted octanol–water partition coefficient (Wildman–Crippen LogP) is 4.18. The number of halogens is 1. The van der Waals surface area contributed by atoms with Gasteiger partial charge in [-0.2, -0.15) is 0 Å². The lowest BCUT2D eigenvalue weighted by Gasteiger charge is -2.21. The van der Waals surface area contributed by atoms with Crippen LogP contribution in [0, 0.1) is 5.92 Å². The van der Waals surface area contributed by atoms with Gasteiger partial charge in [0.2, 0.25) is 0 Å². The molecule has 1 aromatic rings. The number of hydrogen-bond donors (Lipinski definition) is 1. The van der Waals surface area contributed by atoms with Crippen molar-refractivity contribution < 1.29 is 0 Å². The van der Waals surface area contributed by atoms with Gasteiger partial charge in [-0.15, -0.1) is 0 Å². The third-order valence-corrected chi connectivity index (χ3v) is 4.67. The Morgan fingerprint density at radius 3 is 2.70 bits per heavy atom. The van der Waals surface area contributed by atoms with Crippen molar-refractivity contribution in [1.29, 1.82) is 0 Å². The van der Waals surface area contributed by atoms with Crippen LogP contribution in [0.4, 0.5) is 0 Å². The summed E-state index contributed by atoms with van der Waals surface area (Å²) in [7, 11) is 0. The molecule has 0 aromatic heterocycles. The van der Waals surface area contributed by atoms with Gasteiger partial charge in [0.15, 0.2) is 0 Å². The number of benzene rings is 1. The Kier molecular flexibility index (Phi) is 6.53. The van der Waals surface area contributed by atoms with Crippen molar-refractivity contribution in [2.24, 2.45) is 5.92 Å². The van der Waals surface area contributed by atoms with Gasteiger partial charge >= 0.3 is 0 Å². The minimum Gasteiger partial charge on any atom is -0.313 e. The van der Waals surface area contributed by atoms with E-state index in [9.17, 15) is 0 Å². The van der Waals surface area contributed by atoms with Crippen LogP contribution in [-0.4, -0.2) is 24.5 Å². The minimum atomic E-state index is 0.964. The van der Waals surface area contributed by atoms with E-state index >= 15 is 0 Å². The van der Waals surface area contributed by atoms with Crippen LogP contribution < -0.4 is 5.32 Å². The quantitative estimate of drug-likeness (QED) is 0.679. The average molecular weight is 339 g/mol. The molecular weight excluding hydrogens is 312 g/mol. The number of nitrogens with one attached hydrogen (secondary N) is 1. The van der Waals surface area contributed by atoms with Crippen LogP contribution in [0.5, 0.6) is 0 Å². The standard InChI is InChI=1S/C17H27BrN2/c1-3-9-19-11-15-7-8-16(17(18)10-15)13-20(4-2)12-14-5-6-14/h7-8,10,14,19H,3-6,9,11-13H2,1-2H3. The van der Waals surface area contributed by atoms with Gasteiger partial charge in [-0.1, -0.05) is 41.9 Å². The maximum Gasteiger partial charge on any atom is 0.0244 e. The molecule has 1 aliphatic rings. The molecule has 0 spiro atoms. The van der Waals surface area contributed by atoms with E-state index in [0.29, 0.717) is 0 Å². The molecular formula is C17H27BrN2. The van der Waals surface area contributed by atoms with Crippen LogP contribution >= 0.6 is 15.9 Å². The van der Waals surface area contributed by atoms with E-state index in [-0.39, 0.29) is 0 Å². The normalized spacial score (nSPS) is 15.0. The van der Waals surface area contributed by atoms with Crippen LogP contribution in [0.15, 0.2) is 22.7 Å². The van der Waals surface area contributed by atoms with Crippen molar-refractivity contribution >= 4 is 15.9 Å². The molecule has 0 amide bonds. The smallest absolute Gasteiger partial charge is 0.0244 e. The first-order valence-corrected chi connectivity index (χ1v) is 8.72. The van der Waals surface area contributed by atoms with Crippen LogP contribution in [0.3, 0.4) is 0 Å². The molecule has 0 heterocycles. The highest BCUT2D eigenvalue weighted by molar-refractivity contribution is 9.10. The minimum absolute atomic E-state index is 0.964. The second kappa shape index (κ2) is 8.16. The van der Waals surface area contributed by atoms with E-state index in [4.69, 9.17) is 0 Å². The van der Waals surface area contributed by atoms with Crippen molar-refractivity contribution in [2.75, 3.05) is 19.6 Å². The molecule has 1 aromatic carbocycles. The highest BCUT2D eigenvalue weighted by Gasteiger charge is 2.23. The van der Waals surface area contributed by atoms with E-state index in [1.807, 2.05) is 0 Å². The Morgan fingerprint density at radius 1 is 1.30 bits per heavy atom. The predicted molar refractivity (Wildman–Crippen MR) is 89.8 cm³/mol. The Morgan fingerprint density at radius 2 is 2.10 bits per heavy atom. The average Bonchev–Trinajstić information content (AvgIpc) is 3.25. The van der Waals surface area contributed by atoms with E-state index in [2.05, 4.69) is 58.2 Å². The maximum absolute atomic E-state index is 3.74. The van der Waals surface area contributed by atoms with Gasteiger partial charge in [0, 0.05) is 24.1 Å². The van der Waals surface area contributed by atoms with E-state index in [1.165, 1.54) is 41.4 Å². The molecule has 1 fully saturated rings.